The molecule has 0 aliphatic heterocycles. The van der Waals surface area contributed by atoms with Crippen molar-refractivity contribution in [1.82, 2.24) is 4.72 Å². The quantitative estimate of drug-likeness (QED) is 0.738. The van der Waals surface area contributed by atoms with Gasteiger partial charge in [0.1, 0.15) is 0 Å². The summed E-state index contributed by atoms with van der Waals surface area (Å²) in [6, 6.07) is 5.20. The summed E-state index contributed by atoms with van der Waals surface area (Å²) < 4.78 is 50.1. The number of sulfone groups is 1. The van der Waals surface area contributed by atoms with E-state index in [0.717, 1.165) is 44.8 Å². The number of nitrogens with two attached hydrogens (primary N) is 1. The molecule has 6 nitrogen and oxygen atoms in total. The molecule has 1 aliphatic rings. The highest BCUT2D eigenvalue weighted by Crippen LogP contribution is 2.25. The predicted octanol–water partition coefficient (Wildman–Crippen LogP) is 1.84. The maximum Gasteiger partial charge on any atom is 0.240 e. The van der Waals surface area contributed by atoms with E-state index in [1.165, 1.54) is 24.3 Å². The molecule has 24 heavy (non-hydrogen) atoms. The molecule has 0 heterocycles. The zero-order chi connectivity index (χ0) is 17.1. The summed E-state index contributed by atoms with van der Waals surface area (Å²) in [5.41, 5.74) is 5.82. The van der Waals surface area contributed by atoms with Gasteiger partial charge in [-0.15, -0.1) is 12.4 Å². The molecule has 0 spiro atoms. The molecule has 138 valence electrons. The summed E-state index contributed by atoms with van der Waals surface area (Å²) in [6.45, 7) is 0.198. The van der Waals surface area contributed by atoms with Gasteiger partial charge in [-0.2, -0.15) is 0 Å². The Bertz CT molecular complexity index is 738. The Labute approximate surface area is 150 Å². The highest BCUT2D eigenvalue weighted by atomic mass is 35.5. The van der Waals surface area contributed by atoms with E-state index in [4.69, 9.17) is 5.73 Å². The van der Waals surface area contributed by atoms with Gasteiger partial charge in [0.25, 0.3) is 0 Å². The van der Waals surface area contributed by atoms with Gasteiger partial charge in [0.2, 0.25) is 10.0 Å². The van der Waals surface area contributed by atoms with Crippen molar-refractivity contribution in [3.05, 3.63) is 24.3 Å². The zero-order valence-electron chi connectivity index (χ0n) is 13.7. The second kappa shape index (κ2) is 8.14. The van der Waals surface area contributed by atoms with Gasteiger partial charge in [-0.1, -0.05) is 25.7 Å². The molecule has 1 fully saturated rings. The molecule has 2 rings (SSSR count). The second-order valence-corrected chi connectivity index (χ2v) is 10.1. The third kappa shape index (κ3) is 5.70. The Morgan fingerprint density at radius 1 is 0.958 bits per heavy atom. The molecule has 1 saturated carbocycles. The molecule has 0 radical (unpaired) electrons. The standard InChI is InChI=1S/C15H24N2O4S2.ClH/c1-22(18,19)13-6-8-14(9-7-13)23(20,21)17-12-15(16)10-4-2-3-5-11-15;/h6-9,17H,2-5,10-12,16H2,1H3;1H. The number of rotatable bonds is 5. The molecular formula is C15H25ClN2O4S2. The number of sulfonamides is 1. The number of hydrogen-bond acceptors (Lipinski definition) is 5. The molecule has 1 aliphatic carbocycles. The Balaban J connectivity index is 0.00000288. The summed E-state index contributed by atoms with van der Waals surface area (Å²) in [4.78, 5) is 0.137. The van der Waals surface area contributed by atoms with Crippen molar-refractivity contribution in [2.45, 2.75) is 53.9 Å². The number of hydrogen-bond donors (Lipinski definition) is 2. The van der Waals surface area contributed by atoms with Crippen LogP contribution in [0, 0.1) is 0 Å². The maximum absolute atomic E-state index is 12.3. The van der Waals surface area contributed by atoms with E-state index in [0.29, 0.717) is 0 Å². The molecule has 0 amide bonds. The van der Waals surface area contributed by atoms with Crippen molar-refractivity contribution in [2.24, 2.45) is 5.73 Å². The highest BCUT2D eigenvalue weighted by molar-refractivity contribution is 7.90. The first kappa shape index (κ1) is 21.4. The van der Waals surface area contributed by atoms with Gasteiger partial charge < -0.3 is 5.73 Å². The molecule has 0 aromatic heterocycles. The fourth-order valence-corrected chi connectivity index (χ4v) is 4.57. The predicted molar refractivity (Wildman–Crippen MR) is 96.6 cm³/mol. The lowest BCUT2D eigenvalue weighted by molar-refractivity contribution is 0.369. The molecule has 0 bridgehead atoms. The lowest BCUT2D eigenvalue weighted by Crippen LogP contribution is -2.49. The summed E-state index contributed by atoms with van der Waals surface area (Å²) in [5, 5.41) is 0. The van der Waals surface area contributed by atoms with Gasteiger partial charge in [-0.3, -0.25) is 0 Å². The number of benzene rings is 1. The summed E-state index contributed by atoms with van der Waals surface area (Å²) in [6.07, 6.45) is 7.00. The maximum atomic E-state index is 12.3. The Morgan fingerprint density at radius 2 is 1.42 bits per heavy atom. The van der Waals surface area contributed by atoms with Crippen LogP contribution >= 0.6 is 12.4 Å². The molecule has 1 aromatic carbocycles. The van der Waals surface area contributed by atoms with Crippen LogP contribution in [0.25, 0.3) is 0 Å². The minimum atomic E-state index is -3.70. The molecule has 0 atom stereocenters. The number of nitrogens with one attached hydrogen (secondary N) is 1. The summed E-state index contributed by atoms with van der Waals surface area (Å²) in [7, 11) is -7.04. The van der Waals surface area contributed by atoms with Gasteiger partial charge >= 0.3 is 0 Å². The van der Waals surface area contributed by atoms with Gasteiger partial charge in [0, 0.05) is 18.3 Å². The molecule has 0 saturated heterocycles. The molecule has 0 unspecified atom stereocenters. The fourth-order valence-electron chi connectivity index (χ4n) is 2.80. The van der Waals surface area contributed by atoms with Crippen LogP contribution in [0.3, 0.4) is 0 Å². The van der Waals surface area contributed by atoms with Crippen LogP contribution in [0.4, 0.5) is 0 Å². The monoisotopic (exact) mass is 396 g/mol. The van der Waals surface area contributed by atoms with Crippen LogP contribution in [0.1, 0.15) is 38.5 Å². The first-order chi connectivity index (χ1) is 10.6. The van der Waals surface area contributed by atoms with E-state index in [1.54, 1.807) is 0 Å². The van der Waals surface area contributed by atoms with Gasteiger partial charge in [0.05, 0.1) is 9.79 Å². The lowest BCUT2D eigenvalue weighted by Gasteiger charge is -2.28. The second-order valence-electron chi connectivity index (χ2n) is 6.34. The van der Waals surface area contributed by atoms with E-state index in [2.05, 4.69) is 4.72 Å². The van der Waals surface area contributed by atoms with Crippen molar-refractivity contribution in [2.75, 3.05) is 12.8 Å². The third-order valence-electron chi connectivity index (χ3n) is 4.28. The van der Waals surface area contributed by atoms with E-state index < -0.39 is 25.4 Å². The fraction of sp³-hybridized carbons (Fsp3) is 0.600. The minimum absolute atomic E-state index is 0. The summed E-state index contributed by atoms with van der Waals surface area (Å²) in [5.74, 6) is 0. The number of halogens is 1. The van der Waals surface area contributed by atoms with Crippen molar-refractivity contribution < 1.29 is 16.8 Å². The van der Waals surface area contributed by atoms with Crippen LogP contribution in [0.2, 0.25) is 0 Å². The van der Waals surface area contributed by atoms with Crippen molar-refractivity contribution in [3.8, 4) is 0 Å². The minimum Gasteiger partial charge on any atom is -0.324 e. The zero-order valence-corrected chi connectivity index (χ0v) is 16.1. The summed E-state index contributed by atoms with van der Waals surface area (Å²) >= 11 is 0. The van der Waals surface area contributed by atoms with Crippen LogP contribution in [-0.4, -0.2) is 35.2 Å². The highest BCUT2D eigenvalue weighted by Gasteiger charge is 2.28. The Hall–Kier alpha value is -0.670. The van der Waals surface area contributed by atoms with E-state index in [-0.39, 0.29) is 28.7 Å². The van der Waals surface area contributed by atoms with Crippen molar-refractivity contribution in [1.29, 1.82) is 0 Å². The van der Waals surface area contributed by atoms with Crippen LogP contribution in [0.15, 0.2) is 34.1 Å². The smallest absolute Gasteiger partial charge is 0.240 e. The lowest BCUT2D eigenvalue weighted by atomic mass is 9.92. The molecular weight excluding hydrogens is 372 g/mol. The average molecular weight is 397 g/mol. The van der Waals surface area contributed by atoms with Crippen molar-refractivity contribution >= 4 is 32.3 Å². The SMILES string of the molecule is CS(=O)(=O)c1ccc(S(=O)(=O)NCC2(N)CCCCCC2)cc1.Cl. The van der Waals surface area contributed by atoms with Crippen molar-refractivity contribution in [3.63, 3.8) is 0 Å². The van der Waals surface area contributed by atoms with Crippen LogP contribution in [-0.2, 0) is 19.9 Å². The largest absolute Gasteiger partial charge is 0.324 e. The Morgan fingerprint density at radius 3 is 1.88 bits per heavy atom. The van der Waals surface area contributed by atoms with Crippen LogP contribution in [0.5, 0.6) is 0 Å². The van der Waals surface area contributed by atoms with E-state index in [9.17, 15) is 16.8 Å². The normalized spacial score (nSPS) is 18.4. The van der Waals surface area contributed by atoms with Gasteiger partial charge in [0.15, 0.2) is 9.84 Å². The van der Waals surface area contributed by atoms with E-state index >= 15 is 0 Å². The molecule has 3 N–H and O–H groups in total. The first-order valence-corrected chi connectivity index (χ1v) is 11.1. The topological polar surface area (TPSA) is 106 Å². The Kier molecular flexibility index (Phi) is 7.25. The average Bonchev–Trinajstić information content (AvgIpc) is 2.70. The van der Waals surface area contributed by atoms with E-state index in [1.807, 2.05) is 0 Å². The third-order valence-corrected chi connectivity index (χ3v) is 6.82. The molecule has 9 heteroatoms. The van der Waals surface area contributed by atoms with Crippen LogP contribution < -0.4 is 10.5 Å². The van der Waals surface area contributed by atoms with Gasteiger partial charge in [-0.25, -0.2) is 21.6 Å². The first-order valence-electron chi connectivity index (χ1n) is 7.71. The molecule has 1 aromatic rings. The van der Waals surface area contributed by atoms with Gasteiger partial charge in [-0.05, 0) is 37.1 Å².